The summed E-state index contributed by atoms with van der Waals surface area (Å²) in [5.74, 6) is 3.93. The fraction of sp³-hybridized carbons (Fsp3) is 0.571. The van der Waals surface area contributed by atoms with E-state index in [0.717, 1.165) is 0 Å². The summed E-state index contributed by atoms with van der Waals surface area (Å²) in [7, 11) is 4.81. The van der Waals surface area contributed by atoms with Crippen molar-refractivity contribution in [3.63, 3.8) is 0 Å². The van der Waals surface area contributed by atoms with Crippen LogP contribution >= 0.6 is 8.86 Å². The molecule has 2 atom stereocenters. The normalized spacial score (nSPS) is 19.9. The first kappa shape index (κ1) is 22.9. The zero-order valence-electron chi connectivity index (χ0n) is 15.6. The molecule has 0 heterocycles. The maximum Gasteiger partial charge on any atom is 0.0780 e. The summed E-state index contributed by atoms with van der Waals surface area (Å²) < 4.78 is 9.95. The van der Waals surface area contributed by atoms with E-state index in [1.807, 2.05) is 51.1 Å². The van der Waals surface area contributed by atoms with Crippen molar-refractivity contribution in [2.45, 2.75) is 58.7 Å². The minimum Gasteiger partial charge on any atom is -0.379 e. The highest BCUT2D eigenvalue weighted by molar-refractivity contribution is 7.17. The van der Waals surface area contributed by atoms with Crippen molar-refractivity contribution in [1.29, 1.82) is 0 Å². The minimum atomic E-state index is 0.0417. The van der Waals surface area contributed by atoms with Crippen molar-refractivity contribution in [2.24, 2.45) is 11.8 Å². The predicted octanol–water partition coefficient (Wildman–Crippen LogP) is 5.59. The van der Waals surface area contributed by atoms with Gasteiger partial charge in [0.25, 0.3) is 0 Å². The van der Waals surface area contributed by atoms with E-state index < -0.39 is 0 Å². The van der Waals surface area contributed by atoms with Gasteiger partial charge in [0.05, 0.1) is 18.2 Å². The second-order valence-corrected chi connectivity index (χ2v) is 7.15. The Balaban J connectivity index is 0.000000328. The molecule has 0 aromatic heterocycles. The first-order chi connectivity index (χ1) is 11.5. The van der Waals surface area contributed by atoms with Crippen LogP contribution in [0.4, 0.5) is 0 Å². The summed E-state index contributed by atoms with van der Waals surface area (Å²) >= 11 is 0. The fourth-order valence-electron chi connectivity index (χ4n) is 2.37. The largest absolute Gasteiger partial charge is 0.379 e. The quantitative estimate of drug-likeness (QED) is 0.523. The Labute approximate surface area is 151 Å². The molecule has 0 radical (unpaired) electrons. The lowest BCUT2D eigenvalue weighted by molar-refractivity contribution is 0.0397. The van der Waals surface area contributed by atoms with Gasteiger partial charge in [0, 0.05) is 7.11 Å². The lowest BCUT2D eigenvalue weighted by Gasteiger charge is -2.14. The Morgan fingerprint density at radius 3 is 1.92 bits per heavy atom. The number of hydrogen-bond acceptors (Lipinski definition) is 2. The SMILES string of the molecule is C#C.C1CC2CC2C1.COC(C)(C)C.P=COCc1ccccc1. The van der Waals surface area contributed by atoms with Crippen LogP contribution < -0.4 is 0 Å². The first-order valence-corrected chi connectivity index (χ1v) is 9.07. The molecule has 2 saturated carbocycles. The van der Waals surface area contributed by atoms with Crippen molar-refractivity contribution in [1.82, 2.24) is 0 Å². The van der Waals surface area contributed by atoms with Crippen molar-refractivity contribution in [3.8, 4) is 12.8 Å². The maximum absolute atomic E-state index is 5.01. The van der Waals surface area contributed by atoms with Gasteiger partial charge < -0.3 is 9.47 Å². The third-order valence-electron chi connectivity index (χ3n) is 4.01. The predicted molar refractivity (Wildman–Crippen MR) is 108 cm³/mol. The average molecular weight is 348 g/mol. The Morgan fingerprint density at radius 1 is 1.12 bits per heavy atom. The third-order valence-corrected chi connectivity index (χ3v) is 4.17. The zero-order chi connectivity index (χ0) is 18.4. The Hall–Kier alpha value is -1.13. The molecule has 3 heteroatoms. The maximum atomic E-state index is 5.01. The summed E-state index contributed by atoms with van der Waals surface area (Å²) in [4.78, 5) is 0. The zero-order valence-corrected chi connectivity index (χ0v) is 16.6. The van der Waals surface area contributed by atoms with E-state index in [4.69, 9.17) is 9.47 Å². The molecule has 1 aromatic rings. The second kappa shape index (κ2) is 13.2. The molecule has 0 spiro atoms. The van der Waals surface area contributed by atoms with Crippen LogP contribution in [0, 0.1) is 24.7 Å². The molecule has 2 unspecified atom stereocenters. The monoisotopic (exact) mass is 348 g/mol. The summed E-state index contributed by atoms with van der Waals surface area (Å²) in [6, 6.07) is 10.0. The molecular formula is C21H33O2P. The molecule has 134 valence electrons. The van der Waals surface area contributed by atoms with Crippen molar-refractivity contribution in [3.05, 3.63) is 35.9 Å². The highest BCUT2D eigenvalue weighted by atomic mass is 31.0. The Kier molecular flexibility index (Phi) is 12.6. The number of hydrogen-bond donors (Lipinski definition) is 0. The van der Waals surface area contributed by atoms with Gasteiger partial charge in [-0.15, -0.1) is 12.8 Å². The number of rotatable bonds is 3. The van der Waals surface area contributed by atoms with E-state index in [-0.39, 0.29) is 5.60 Å². The molecular weight excluding hydrogens is 315 g/mol. The summed E-state index contributed by atoms with van der Waals surface area (Å²) in [6.07, 6.45) is 14.2. The lowest BCUT2D eigenvalue weighted by Crippen LogP contribution is -2.15. The lowest BCUT2D eigenvalue weighted by atomic mass is 10.2. The molecule has 24 heavy (non-hydrogen) atoms. The van der Waals surface area contributed by atoms with Gasteiger partial charge in [0.1, 0.15) is 0 Å². The van der Waals surface area contributed by atoms with Gasteiger partial charge in [-0.25, -0.2) is 0 Å². The number of ether oxygens (including phenoxy) is 2. The standard InChI is InChI=1S/C8H9OP.C6H10.C5H12O.C2H2/c10-7-9-6-8-4-2-1-3-5-8;1-2-5-4-6(5)3-1;1-5(2,3)6-4;1-2/h1-5,7,10H,6H2;5-6H,1-4H2;1-4H3;1-2H. The van der Waals surface area contributed by atoms with Gasteiger partial charge in [-0.3, -0.25) is 0 Å². The number of terminal acetylenes is 1. The van der Waals surface area contributed by atoms with E-state index in [9.17, 15) is 0 Å². The Bertz CT molecular complexity index is 440. The number of fused-ring (bicyclic) bond motifs is 1. The molecule has 0 amide bonds. The number of benzene rings is 1. The van der Waals surface area contributed by atoms with E-state index in [1.54, 1.807) is 26.4 Å². The molecule has 1 aromatic carbocycles. The minimum absolute atomic E-state index is 0.0417. The Morgan fingerprint density at radius 2 is 1.62 bits per heavy atom. The molecule has 2 aliphatic rings. The van der Waals surface area contributed by atoms with E-state index >= 15 is 0 Å². The highest BCUT2D eigenvalue weighted by Crippen LogP contribution is 2.51. The molecule has 0 N–H and O–H groups in total. The van der Waals surface area contributed by atoms with Crippen LogP contribution in [0.5, 0.6) is 0 Å². The smallest absolute Gasteiger partial charge is 0.0780 e. The van der Waals surface area contributed by atoms with Gasteiger partial charge in [-0.1, -0.05) is 58.5 Å². The van der Waals surface area contributed by atoms with Crippen LogP contribution in [-0.4, -0.2) is 18.7 Å². The fourth-order valence-corrected chi connectivity index (χ4v) is 2.46. The van der Waals surface area contributed by atoms with Gasteiger partial charge in [-0.05, 0) is 44.6 Å². The molecule has 2 fully saturated rings. The molecule has 0 bridgehead atoms. The van der Waals surface area contributed by atoms with Crippen molar-refractivity contribution >= 4 is 14.8 Å². The molecule has 3 rings (SSSR count). The van der Waals surface area contributed by atoms with Gasteiger partial charge in [0.15, 0.2) is 0 Å². The van der Waals surface area contributed by atoms with E-state index in [2.05, 4.69) is 21.7 Å². The summed E-state index contributed by atoms with van der Waals surface area (Å²) in [5, 5.41) is 0. The molecule has 2 nitrogen and oxygen atoms in total. The summed E-state index contributed by atoms with van der Waals surface area (Å²) in [6.45, 7) is 6.69. The summed E-state index contributed by atoms with van der Waals surface area (Å²) in [5.41, 5.74) is 1.22. The third kappa shape index (κ3) is 12.3. The first-order valence-electron chi connectivity index (χ1n) is 8.49. The van der Waals surface area contributed by atoms with Crippen molar-refractivity contribution < 1.29 is 9.47 Å². The average Bonchev–Trinajstić information content (AvgIpc) is 3.21. The van der Waals surface area contributed by atoms with Gasteiger partial charge in [0.2, 0.25) is 0 Å². The second-order valence-electron chi connectivity index (χ2n) is 6.92. The molecule has 2 aliphatic carbocycles. The van der Waals surface area contributed by atoms with Crippen LogP contribution in [0.25, 0.3) is 0 Å². The van der Waals surface area contributed by atoms with Crippen LogP contribution in [-0.2, 0) is 16.1 Å². The van der Waals surface area contributed by atoms with Crippen LogP contribution in [0.1, 0.15) is 52.0 Å². The van der Waals surface area contributed by atoms with Gasteiger partial charge >= 0.3 is 0 Å². The van der Waals surface area contributed by atoms with Crippen molar-refractivity contribution in [2.75, 3.05) is 7.11 Å². The topological polar surface area (TPSA) is 18.5 Å². The number of methoxy groups -OCH3 is 1. The van der Waals surface area contributed by atoms with Gasteiger partial charge in [-0.2, -0.15) is 0 Å². The van der Waals surface area contributed by atoms with Crippen LogP contribution in [0.15, 0.2) is 30.3 Å². The van der Waals surface area contributed by atoms with E-state index in [0.29, 0.717) is 6.61 Å². The van der Waals surface area contributed by atoms with Crippen LogP contribution in [0.3, 0.4) is 0 Å². The van der Waals surface area contributed by atoms with E-state index in [1.165, 1.54) is 29.8 Å². The highest BCUT2D eigenvalue weighted by Gasteiger charge is 2.40. The molecule has 0 aliphatic heterocycles. The van der Waals surface area contributed by atoms with Crippen LogP contribution in [0.2, 0.25) is 0 Å². The molecule has 0 saturated heterocycles.